The third-order valence-corrected chi connectivity index (χ3v) is 6.91. The van der Waals surface area contributed by atoms with E-state index in [4.69, 9.17) is 24.7 Å². The average molecular weight is 431 g/mol. The zero-order chi connectivity index (χ0) is 22.2. The number of allylic oxidation sites excluding steroid dienone is 1. The van der Waals surface area contributed by atoms with Gasteiger partial charge in [-0.25, -0.2) is 4.79 Å². The summed E-state index contributed by atoms with van der Waals surface area (Å²) in [6, 6.07) is 7.39. The van der Waals surface area contributed by atoms with E-state index in [2.05, 4.69) is 32.2 Å². The Bertz CT molecular complexity index is 831. The van der Waals surface area contributed by atoms with E-state index in [-0.39, 0.29) is 35.4 Å². The van der Waals surface area contributed by atoms with E-state index in [1.807, 2.05) is 24.3 Å². The molecule has 4 rings (SSSR count). The maximum atomic E-state index is 12.5. The lowest BCUT2D eigenvalue weighted by Crippen LogP contribution is -2.56. The first kappa shape index (κ1) is 22.1. The number of ether oxygens (including phenoxy) is 4. The van der Waals surface area contributed by atoms with Gasteiger partial charge in [0, 0.05) is 19.3 Å². The number of carbonyl (C=O) groups excluding carboxylic acids is 1. The van der Waals surface area contributed by atoms with Gasteiger partial charge in [0.15, 0.2) is 0 Å². The Morgan fingerprint density at radius 1 is 1.32 bits per heavy atom. The Kier molecular flexibility index (Phi) is 6.03. The zero-order valence-electron chi connectivity index (χ0n) is 18.9. The van der Waals surface area contributed by atoms with Gasteiger partial charge in [0.2, 0.25) is 0 Å². The third-order valence-electron chi connectivity index (χ3n) is 6.91. The molecular formula is C24H34N2O5. The smallest absolute Gasteiger partial charge is 0.407 e. The first-order chi connectivity index (χ1) is 14.8. The summed E-state index contributed by atoms with van der Waals surface area (Å²) >= 11 is 0. The molecule has 6 atom stereocenters. The largest absolute Gasteiger partial charge is 0.443 e. The highest BCUT2D eigenvalue weighted by molar-refractivity contribution is 5.67. The van der Waals surface area contributed by atoms with Crippen molar-refractivity contribution in [3.8, 4) is 0 Å². The molecule has 0 radical (unpaired) electrons. The number of epoxide rings is 2. The Balaban J connectivity index is 1.40. The van der Waals surface area contributed by atoms with Crippen LogP contribution in [0.25, 0.3) is 0 Å². The molecule has 7 heteroatoms. The van der Waals surface area contributed by atoms with Crippen molar-refractivity contribution in [2.24, 2.45) is 5.92 Å². The lowest BCUT2D eigenvalue weighted by Gasteiger charge is -2.42. The Morgan fingerprint density at radius 2 is 2.03 bits per heavy atom. The van der Waals surface area contributed by atoms with Crippen LogP contribution in [0.2, 0.25) is 0 Å². The van der Waals surface area contributed by atoms with Gasteiger partial charge >= 0.3 is 6.09 Å². The lowest BCUT2D eigenvalue weighted by molar-refractivity contribution is -0.118. The van der Waals surface area contributed by atoms with Crippen LogP contribution in [-0.4, -0.2) is 49.3 Å². The predicted octanol–water partition coefficient (Wildman–Crippen LogP) is 3.57. The fraction of sp³-hybridized carbons (Fsp3) is 0.625. The van der Waals surface area contributed by atoms with E-state index >= 15 is 0 Å². The highest BCUT2D eigenvalue weighted by Gasteiger charge is 2.72. The molecule has 2 heterocycles. The van der Waals surface area contributed by atoms with Gasteiger partial charge in [-0.15, -0.1) is 0 Å². The first-order valence-corrected chi connectivity index (χ1v) is 11.0. The minimum atomic E-state index is -0.446. The van der Waals surface area contributed by atoms with Gasteiger partial charge in [-0.3, -0.25) is 0 Å². The van der Waals surface area contributed by atoms with Crippen LogP contribution in [0, 0.1) is 5.92 Å². The third kappa shape index (κ3) is 4.59. The molecule has 2 saturated heterocycles. The first-order valence-electron chi connectivity index (χ1n) is 11.0. The minimum Gasteiger partial charge on any atom is -0.443 e. The topological polar surface area (TPSA) is 98.6 Å². The van der Waals surface area contributed by atoms with Crippen LogP contribution < -0.4 is 11.1 Å². The summed E-state index contributed by atoms with van der Waals surface area (Å²) in [7, 11) is 1.68. The maximum absolute atomic E-state index is 12.5. The molecule has 1 aliphatic carbocycles. The molecule has 31 heavy (non-hydrogen) atoms. The van der Waals surface area contributed by atoms with Gasteiger partial charge in [0.25, 0.3) is 0 Å². The summed E-state index contributed by atoms with van der Waals surface area (Å²) in [5, 5.41) is 2.83. The number of hydrogen-bond acceptors (Lipinski definition) is 6. The van der Waals surface area contributed by atoms with Crippen LogP contribution in [0.15, 0.2) is 35.9 Å². The van der Waals surface area contributed by atoms with E-state index < -0.39 is 6.09 Å². The van der Waals surface area contributed by atoms with E-state index in [0.29, 0.717) is 25.3 Å². The summed E-state index contributed by atoms with van der Waals surface area (Å²) < 4.78 is 23.9. The standard InChI is InChI=1S/C24H34N2O5/c1-15(2)5-10-19-23(3,31-19)21-20(28-4)18(11-12-24(21)14-29-24)30-22(27)26-13-16-6-8-17(25)9-7-16/h5-9,18-21H,10-14,25H2,1-4H3,(H,26,27). The predicted molar refractivity (Wildman–Crippen MR) is 117 cm³/mol. The normalized spacial score (nSPS) is 36.0. The van der Waals surface area contributed by atoms with Crippen molar-refractivity contribution >= 4 is 11.8 Å². The Labute approximate surface area is 184 Å². The number of nitrogen functional groups attached to an aromatic ring is 1. The summed E-state index contributed by atoms with van der Waals surface area (Å²) in [6.45, 7) is 7.42. The van der Waals surface area contributed by atoms with Crippen LogP contribution in [-0.2, 0) is 25.5 Å². The van der Waals surface area contributed by atoms with Crippen LogP contribution in [0.4, 0.5) is 10.5 Å². The summed E-state index contributed by atoms with van der Waals surface area (Å²) in [4.78, 5) is 12.5. The van der Waals surface area contributed by atoms with Gasteiger partial charge in [-0.1, -0.05) is 23.8 Å². The molecule has 1 aromatic rings. The van der Waals surface area contributed by atoms with Crippen molar-refractivity contribution < 1.29 is 23.7 Å². The summed E-state index contributed by atoms with van der Waals surface area (Å²) in [5.74, 6) is 0.0178. The number of methoxy groups -OCH3 is 1. The number of rotatable bonds is 7. The van der Waals surface area contributed by atoms with Crippen molar-refractivity contribution in [2.45, 2.75) is 76.1 Å². The van der Waals surface area contributed by atoms with Crippen LogP contribution in [0.1, 0.15) is 45.6 Å². The number of carbonyl (C=O) groups is 1. The number of amides is 1. The van der Waals surface area contributed by atoms with E-state index in [9.17, 15) is 4.79 Å². The molecule has 1 spiro atoms. The second-order valence-corrected chi connectivity index (χ2v) is 9.42. The van der Waals surface area contributed by atoms with E-state index in [1.54, 1.807) is 7.11 Å². The van der Waals surface area contributed by atoms with Gasteiger partial charge < -0.3 is 30.0 Å². The number of nitrogens with one attached hydrogen (secondary N) is 1. The number of alkyl carbamates (subject to hydrolysis) is 1. The molecule has 1 amide bonds. The number of hydrogen-bond donors (Lipinski definition) is 2. The molecule has 1 saturated carbocycles. The molecule has 2 aliphatic heterocycles. The van der Waals surface area contributed by atoms with Crippen molar-refractivity contribution in [2.75, 3.05) is 19.5 Å². The molecule has 3 N–H and O–H groups in total. The lowest BCUT2D eigenvalue weighted by atomic mass is 9.68. The molecular weight excluding hydrogens is 396 g/mol. The van der Waals surface area contributed by atoms with Crippen LogP contribution >= 0.6 is 0 Å². The highest BCUT2D eigenvalue weighted by atomic mass is 16.6. The molecule has 0 bridgehead atoms. The van der Waals surface area contributed by atoms with Crippen LogP contribution in [0.3, 0.4) is 0 Å². The molecule has 3 fully saturated rings. The van der Waals surface area contributed by atoms with E-state index in [1.165, 1.54) is 5.57 Å². The second-order valence-electron chi connectivity index (χ2n) is 9.42. The molecule has 170 valence electrons. The van der Waals surface area contributed by atoms with Gasteiger partial charge in [0.05, 0.1) is 18.6 Å². The molecule has 1 aromatic carbocycles. The average Bonchev–Trinajstić information content (AvgIpc) is 3.65. The van der Waals surface area contributed by atoms with Crippen molar-refractivity contribution in [1.82, 2.24) is 5.32 Å². The minimum absolute atomic E-state index is 0.0178. The van der Waals surface area contributed by atoms with Crippen LogP contribution in [0.5, 0.6) is 0 Å². The van der Waals surface area contributed by atoms with E-state index in [0.717, 1.165) is 18.4 Å². The van der Waals surface area contributed by atoms with Crippen molar-refractivity contribution in [3.63, 3.8) is 0 Å². The van der Waals surface area contributed by atoms with Gasteiger partial charge in [-0.05, 0) is 57.7 Å². The fourth-order valence-electron chi connectivity index (χ4n) is 5.06. The Hall–Kier alpha value is -2.09. The number of anilines is 1. The van der Waals surface area contributed by atoms with Gasteiger partial charge in [-0.2, -0.15) is 0 Å². The monoisotopic (exact) mass is 430 g/mol. The summed E-state index contributed by atoms with van der Waals surface area (Å²) in [5.41, 5.74) is 8.07. The molecule has 7 nitrogen and oxygen atoms in total. The quantitative estimate of drug-likeness (QED) is 0.390. The SMILES string of the molecule is COC1C(OC(=O)NCc2ccc(N)cc2)CCC2(CO2)C1C1(C)OC1CC=C(C)C. The molecule has 3 aliphatic rings. The maximum Gasteiger partial charge on any atom is 0.407 e. The number of nitrogens with two attached hydrogens (primary N) is 1. The zero-order valence-corrected chi connectivity index (χ0v) is 18.9. The molecule has 0 aromatic heterocycles. The fourth-order valence-corrected chi connectivity index (χ4v) is 5.06. The van der Waals surface area contributed by atoms with Gasteiger partial charge in [0.1, 0.15) is 23.4 Å². The Morgan fingerprint density at radius 3 is 2.65 bits per heavy atom. The highest BCUT2D eigenvalue weighted by Crippen LogP contribution is 2.59. The molecule has 6 unspecified atom stereocenters. The second kappa shape index (κ2) is 8.45. The van der Waals surface area contributed by atoms with Crippen molar-refractivity contribution in [3.05, 3.63) is 41.5 Å². The summed E-state index contributed by atoms with van der Waals surface area (Å²) in [6.07, 6.45) is 3.68. The number of benzene rings is 1. The van der Waals surface area contributed by atoms with Crippen molar-refractivity contribution in [1.29, 1.82) is 0 Å².